The number of alkyl halides is 2. The molecule has 28 heavy (non-hydrogen) atoms. The van der Waals surface area contributed by atoms with Crippen LogP contribution in [0.3, 0.4) is 0 Å². The van der Waals surface area contributed by atoms with Crippen molar-refractivity contribution in [3.8, 4) is 0 Å². The van der Waals surface area contributed by atoms with Crippen LogP contribution in [0.5, 0.6) is 0 Å². The zero-order valence-electron chi connectivity index (χ0n) is 14.9. The van der Waals surface area contributed by atoms with Gasteiger partial charge in [0.2, 0.25) is 0 Å². The van der Waals surface area contributed by atoms with Crippen LogP contribution in [0.1, 0.15) is 22.3 Å². The Hall–Kier alpha value is -0.651. The normalized spacial score (nSPS) is 13.1. The SMILES string of the molecule is ClCCl.Clc1ccc2c(c1)C=NCC2.Clc1ccc2c(c1)CNCC2.[O]=[Mn]=[O]. The van der Waals surface area contributed by atoms with Crippen LogP contribution in [-0.2, 0) is 41.9 Å². The standard InChI is InChI=1S/C9H10ClN.C9H8ClN.CH2Cl2.Mn.2O/c2*10-9-2-1-7-3-4-11-6-8(7)5-9;2-1-3;;;/h1-2,5,11H,3-4,6H2;1-2,5-6H,3-4H2;1H2;;;. The van der Waals surface area contributed by atoms with Crippen LogP contribution in [0.25, 0.3) is 0 Å². The van der Waals surface area contributed by atoms with Crippen molar-refractivity contribution in [2.45, 2.75) is 19.4 Å². The Morgan fingerprint density at radius 1 is 0.929 bits per heavy atom. The van der Waals surface area contributed by atoms with E-state index in [1.54, 1.807) is 0 Å². The van der Waals surface area contributed by atoms with E-state index in [1.165, 1.54) is 22.3 Å². The molecule has 0 bridgehead atoms. The van der Waals surface area contributed by atoms with Gasteiger partial charge in [0.05, 0.1) is 5.34 Å². The van der Waals surface area contributed by atoms with Gasteiger partial charge in [0, 0.05) is 29.3 Å². The summed E-state index contributed by atoms with van der Waals surface area (Å²) in [7, 11) is 0. The molecule has 0 fully saturated rings. The second kappa shape index (κ2) is 15.2. The first kappa shape index (κ1) is 25.4. The first-order valence-corrected chi connectivity index (χ1v) is 11.1. The van der Waals surface area contributed by atoms with E-state index in [1.807, 2.05) is 30.5 Å². The first-order chi connectivity index (χ1) is 13.5. The van der Waals surface area contributed by atoms with Gasteiger partial charge in [-0.3, -0.25) is 4.99 Å². The number of nitrogens with one attached hydrogen (secondary N) is 1. The van der Waals surface area contributed by atoms with Crippen molar-refractivity contribution in [1.29, 1.82) is 0 Å². The Bertz CT molecular complexity index is 813. The maximum absolute atomic E-state index is 8.41. The topological polar surface area (TPSA) is 58.5 Å². The monoisotopic (exact) mass is 503 g/mol. The van der Waals surface area contributed by atoms with Gasteiger partial charge in [-0.25, -0.2) is 0 Å². The van der Waals surface area contributed by atoms with E-state index in [0.29, 0.717) is 0 Å². The molecule has 0 spiro atoms. The summed E-state index contributed by atoms with van der Waals surface area (Å²) in [5.41, 5.74) is 5.31. The Morgan fingerprint density at radius 3 is 2.21 bits per heavy atom. The third-order valence-corrected chi connectivity index (χ3v) is 4.37. The first-order valence-electron chi connectivity index (χ1n) is 8.33. The average molecular weight is 505 g/mol. The van der Waals surface area contributed by atoms with Gasteiger partial charge in [-0.2, -0.15) is 0 Å². The molecule has 153 valence electrons. The van der Waals surface area contributed by atoms with E-state index >= 15 is 0 Å². The molecule has 0 radical (unpaired) electrons. The van der Waals surface area contributed by atoms with Crippen LogP contribution < -0.4 is 5.32 Å². The van der Waals surface area contributed by atoms with E-state index in [9.17, 15) is 0 Å². The van der Waals surface area contributed by atoms with Gasteiger partial charge in [0.1, 0.15) is 0 Å². The molecule has 0 aromatic heterocycles. The molecule has 0 unspecified atom stereocenters. The molecule has 9 heteroatoms. The van der Waals surface area contributed by atoms with Gasteiger partial charge < -0.3 is 5.32 Å². The van der Waals surface area contributed by atoms with E-state index in [2.05, 4.69) is 22.4 Å². The summed E-state index contributed by atoms with van der Waals surface area (Å²) in [5.74, 6) is 0. The fourth-order valence-electron chi connectivity index (χ4n) is 2.71. The van der Waals surface area contributed by atoms with Crippen molar-refractivity contribution in [3.05, 3.63) is 68.7 Å². The van der Waals surface area contributed by atoms with Crippen LogP contribution in [0.2, 0.25) is 10.0 Å². The zero-order valence-corrected chi connectivity index (χ0v) is 19.1. The minimum absolute atomic E-state index is 0.194. The van der Waals surface area contributed by atoms with Crippen molar-refractivity contribution < 1.29 is 22.5 Å². The molecule has 2 heterocycles. The van der Waals surface area contributed by atoms with Gasteiger partial charge in [0.15, 0.2) is 0 Å². The Morgan fingerprint density at radius 2 is 1.54 bits per heavy atom. The molecule has 4 rings (SSSR count). The molecule has 0 saturated heterocycles. The van der Waals surface area contributed by atoms with Crippen LogP contribution in [0.15, 0.2) is 41.4 Å². The number of nitrogens with zero attached hydrogens (tertiary/aromatic N) is 1. The van der Waals surface area contributed by atoms with Gasteiger partial charge in [0.25, 0.3) is 0 Å². The Labute approximate surface area is 191 Å². The fourth-order valence-corrected chi connectivity index (χ4v) is 3.09. The van der Waals surface area contributed by atoms with Crippen LogP contribution >= 0.6 is 46.4 Å². The van der Waals surface area contributed by atoms with Crippen molar-refractivity contribution in [2.24, 2.45) is 4.99 Å². The summed E-state index contributed by atoms with van der Waals surface area (Å²) < 4.78 is 16.8. The Balaban J connectivity index is 0.000000220. The fraction of sp³-hybridized carbons (Fsp3) is 0.316. The number of aliphatic imine (C=N–C) groups is 1. The summed E-state index contributed by atoms with van der Waals surface area (Å²) in [4.78, 5) is 4.18. The van der Waals surface area contributed by atoms with Crippen molar-refractivity contribution in [3.63, 3.8) is 0 Å². The molecule has 0 saturated carbocycles. The summed E-state index contributed by atoms with van der Waals surface area (Å²) >= 11 is 19.8. The molecule has 4 nitrogen and oxygen atoms in total. The summed E-state index contributed by atoms with van der Waals surface area (Å²) in [6, 6.07) is 12.1. The molecular weight excluding hydrogens is 485 g/mol. The van der Waals surface area contributed by atoms with E-state index < -0.39 is 14.8 Å². The molecule has 2 aliphatic heterocycles. The molecule has 2 aliphatic rings. The van der Waals surface area contributed by atoms with E-state index in [0.717, 1.165) is 42.5 Å². The average Bonchev–Trinajstić information content (AvgIpc) is 2.69. The number of fused-ring (bicyclic) bond motifs is 2. The van der Waals surface area contributed by atoms with Gasteiger partial charge in [-0.1, -0.05) is 35.3 Å². The molecular formula is C19H20Cl4MnN2O2. The quantitative estimate of drug-likeness (QED) is 0.381. The van der Waals surface area contributed by atoms with Crippen LogP contribution in [0, 0.1) is 0 Å². The van der Waals surface area contributed by atoms with Crippen molar-refractivity contribution in [1.82, 2.24) is 5.32 Å². The predicted octanol–water partition coefficient (Wildman–Crippen LogP) is 5.48. The number of benzene rings is 2. The molecule has 0 atom stereocenters. The molecule has 1 N–H and O–H groups in total. The molecule has 0 aliphatic carbocycles. The van der Waals surface area contributed by atoms with Gasteiger partial charge in [-0.05, 0) is 65.9 Å². The minimum atomic E-state index is -1.44. The second-order valence-corrected chi connectivity index (χ2v) is 7.51. The summed E-state index contributed by atoms with van der Waals surface area (Å²) in [5, 5.41) is 5.13. The maximum atomic E-state index is 8.41. The van der Waals surface area contributed by atoms with Crippen LogP contribution in [0.4, 0.5) is 0 Å². The van der Waals surface area contributed by atoms with Gasteiger partial charge in [-0.15, -0.1) is 23.2 Å². The Kier molecular flexibility index (Phi) is 13.8. The zero-order chi connectivity index (χ0) is 20.8. The molecule has 2 aromatic rings. The van der Waals surface area contributed by atoms with Crippen LogP contribution in [-0.4, -0.2) is 24.6 Å². The van der Waals surface area contributed by atoms with Crippen molar-refractivity contribution >= 4 is 52.6 Å². The van der Waals surface area contributed by atoms with E-state index in [4.69, 9.17) is 54.1 Å². The third-order valence-electron chi connectivity index (χ3n) is 3.90. The van der Waals surface area contributed by atoms with Crippen molar-refractivity contribution in [2.75, 3.05) is 18.4 Å². The number of hydrogen-bond donors (Lipinski definition) is 1. The molecule has 0 amide bonds. The number of halogens is 4. The summed E-state index contributed by atoms with van der Waals surface area (Å²) in [6.07, 6.45) is 4.07. The number of rotatable bonds is 0. The molecule has 2 aromatic carbocycles. The number of hydrogen-bond acceptors (Lipinski definition) is 4. The third kappa shape index (κ3) is 9.71. The van der Waals surface area contributed by atoms with E-state index in [-0.39, 0.29) is 5.34 Å². The second-order valence-electron chi connectivity index (χ2n) is 5.63. The summed E-state index contributed by atoms with van der Waals surface area (Å²) in [6.45, 7) is 2.97. The predicted molar refractivity (Wildman–Crippen MR) is 112 cm³/mol. The van der Waals surface area contributed by atoms with Gasteiger partial charge >= 0.3 is 22.5 Å².